The van der Waals surface area contributed by atoms with Gasteiger partial charge in [0.05, 0.1) is 12.5 Å². The normalized spacial score (nSPS) is 28.2. The van der Waals surface area contributed by atoms with Gasteiger partial charge in [0.2, 0.25) is 11.0 Å². The minimum atomic E-state index is -3.66. The Kier molecular flexibility index (Phi) is 5.08. The van der Waals surface area contributed by atoms with Crippen molar-refractivity contribution in [3.8, 4) is 0 Å². The maximum atomic E-state index is 14.7. The van der Waals surface area contributed by atoms with Crippen LogP contribution in [0.2, 0.25) is 0 Å². The first-order chi connectivity index (χ1) is 15.6. The molecule has 1 aliphatic heterocycles. The molecular formula is C21H22F2N4O5S. The van der Waals surface area contributed by atoms with Crippen LogP contribution in [0.25, 0.3) is 0 Å². The predicted molar refractivity (Wildman–Crippen MR) is 113 cm³/mol. The fraction of sp³-hybridized carbons (Fsp3) is 0.429. The third-order valence-corrected chi connectivity index (χ3v) is 7.50. The second-order valence-corrected chi connectivity index (χ2v) is 9.36. The highest BCUT2D eigenvalue weighted by molar-refractivity contribution is 7.13. The number of aromatic nitrogens is 1. The molecule has 1 aromatic carbocycles. The highest BCUT2D eigenvalue weighted by Crippen LogP contribution is 2.71. The lowest BCUT2D eigenvalue weighted by molar-refractivity contribution is -0.326. The molecule has 3 aliphatic rings. The van der Waals surface area contributed by atoms with Crippen molar-refractivity contribution >= 4 is 22.4 Å². The number of anilines is 1. The summed E-state index contributed by atoms with van der Waals surface area (Å²) in [5.74, 6) is -6.73. The van der Waals surface area contributed by atoms with E-state index in [1.807, 2.05) is 10.4 Å². The van der Waals surface area contributed by atoms with E-state index in [9.17, 15) is 18.7 Å². The van der Waals surface area contributed by atoms with E-state index in [0.29, 0.717) is 6.54 Å². The third-order valence-electron chi connectivity index (χ3n) is 6.74. The summed E-state index contributed by atoms with van der Waals surface area (Å²) in [5.41, 5.74) is 4.22. The number of nitrogens with zero attached hydrogens (tertiary/aromatic N) is 2. The van der Waals surface area contributed by atoms with Gasteiger partial charge in [-0.3, -0.25) is 15.1 Å². The number of allylic oxidation sites excluding steroid dienone is 1. The first-order valence-corrected chi connectivity index (χ1v) is 11.2. The lowest BCUT2D eigenvalue weighted by atomic mass is 9.90. The summed E-state index contributed by atoms with van der Waals surface area (Å²) < 4.78 is 29.4. The predicted octanol–water partition coefficient (Wildman–Crippen LogP) is 0.715. The monoisotopic (exact) mass is 480 g/mol. The number of thiazole rings is 1. The van der Waals surface area contributed by atoms with Crippen LogP contribution in [-0.2, 0) is 4.79 Å². The van der Waals surface area contributed by atoms with E-state index in [2.05, 4.69) is 10.4 Å². The van der Waals surface area contributed by atoms with Gasteiger partial charge in [-0.15, -0.1) is 11.3 Å². The minimum Gasteiger partial charge on any atom is -0.395 e. The van der Waals surface area contributed by atoms with E-state index in [-0.39, 0.29) is 11.5 Å². The Labute approximate surface area is 191 Å². The summed E-state index contributed by atoms with van der Waals surface area (Å²) in [5, 5.41) is 42.5. The molecule has 1 amide bonds. The highest BCUT2D eigenvalue weighted by Gasteiger charge is 2.85. The van der Waals surface area contributed by atoms with Gasteiger partial charge in [-0.1, -0.05) is 24.3 Å². The Morgan fingerprint density at radius 3 is 2.58 bits per heavy atom. The number of rotatable bonds is 6. The molecule has 5 rings (SSSR count). The zero-order chi connectivity index (χ0) is 23.6. The van der Waals surface area contributed by atoms with Crippen molar-refractivity contribution in [2.24, 2.45) is 5.41 Å². The second-order valence-electron chi connectivity index (χ2n) is 8.49. The molecule has 2 aromatic rings. The third kappa shape index (κ3) is 3.36. The maximum Gasteiger partial charge on any atom is 0.369 e. The van der Waals surface area contributed by atoms with Crippen LogP contribution in [0, 0.1) is 5.41 Å². The molecule has 0 spiro atoms. The molecular weight excluding hydrogens is 458 g/mol. The number of aliphatic hydroxyl groups excluding tert-OH is 1. The van der Waals surface area contributed by atoms with Crippen molar-refractivity contribution in [2.75, 3.05) is 18.2 Å². The molecule has 3 unspecified atom stereocenters. The average Bonchev–Trinajstić information content (AvgIpc) is 3.30. The van der Waals surface area contributed by atoms with E-state index in [1.165, 1.54) is 40.1 Å². The molecule has 12 heteroatoms. The van der Waals surface area contributed by atoms with Gasteiger partial charge in [0.15, 0.2) is 0 Å². The largest absolute Gasteiger partial charge is 0.395 e. The number of alkyl halides is 2. The minimum absolute atomic E-state index is 0.121. The Morgan fingerprint density at radius 1 is 1.27 bits per heavy atom. The molecule has 3 atom stereocenters. The van der Waals surface area contributed by atoms with Crippen molar-refractivity contribution in [3.05, 3.63) is 58.2 Å². The topological polar surface area (TPSA) is 138 Å². The molecule has 0 saturated heterocycles. The van der Waals surface area contributed by atoms with Crippen LogP contribution in [0.1, 0.15) is 35.8 Å². The van der Waals surface area contributed by atoms with Crippen LogP contribution in [0.4, 0.5) is 13.9 Å². The van der Waals surface area contributed by atoms with E-state index in [4.69, 9.17) is 15.3 Å². The molecule has 6 N–H and O–H groups in total. The number of hydrogen-bond acceptors (Lipinski definition) is 9. The number of hydrogen-bond donors (Lipinski definition) is 6. The number of hydrazine groups is 1. The molecule has 176 valence electrons. The van der Waals surface area contributed by atoms with Gasteiger partial charge >= 0.3 is 6.10 Å². The van der Waals surface area contributed by atoms with E-state index < -0.39 is 35.9 Å². The van der Waals surface area contributed by atoms with Crippen molar-refractivity contribution in [2.45, 2.75) is 36.7 Å². The summed E-state index contributed by atoms with van der Waals surface area (Å²) in [4.78, 5) is 16.6. The number of carbonyl (C=O) groups excluding carboxylic acids is 1. The molecule has 1 saturated carbocycles. The van der Waals surface area contributed by atoms with E-state index in [1.54, 1.807) is 18.3 Å². The zero-order valence-corrected chi connectivity index (χ0v) is 18.0. The van der Waals surface area contributed by atoms with Gasteiger partial charge in [0, 0.05) is 29.7 Å². The molecule has 1 fully saturated rings. The standard InChI is InChI=1S/C21H22F2N4O5S/c22-20(23)16(19(20,10-28)17(29)26-21(30,31)32)12-3-1-11(2-4-12)13-5-6-15-14(13)9-25-27(15)18-24-7-8-33-18/h1-4,7-8,13,16,25,28,30-32H,5-6,9-10H2,(H,26,29). The van der Waals surface area contributed by atoms with E-state index in [0.717, 1.165) is 23.5 Å². The number of benzene rings is 1. The summed E-state index contributed by atoms with van der Waals surface area (Å²) >= 11 is 1.53. The van der Waals surface area contributed by atoms with Crippen LogP contribution in [0.5, 0.6) is 0 Å². The fourth-order valence-electron chi connectivity index (χ4n) is 5.12. The smallest absolute Gasteiger partial charge is 0.369 e. The quantitative estimate of drug-likeness (QED) is 0.333. The van der Waals surface area contributed by atoms with Crippen molar-refractivity contribution in [1.82, 2.24) is 15.7 Å². The van der Waals surface area contributed by atoms with Crippen molar-refractivity contribution in [1.29, 1.82) is 0 Å². The van der Waals surface area contributed by atoms with Crippen LogP contribution >= 0.6 is 11.3 Å². The Morgan fingerprint density at radius 2 is 1.97 bits per heavy atom. The van der Waals surface area contributed by atoms with Gasteiger partial charge in [-0.05, 0) is 29.5 Å². The number of nitrogens with one attached hydrogen (secondary N) is 2. The fourth-order valence-corrected chi connectivity index (χ4v) is 5.77. The molecule has 1 aromatic heterocycles. The maximum absolute atomic E-state index is 14.7. The SMILES string of the molecule is O=C(NC(O)(O)O)C1(CO)C(c2ccc(C3CCC4=C3CNN4c3nccs3)cc2)C1(F)F. The van der Waals surface area contributed by atoms with Gasteiger partial charge in [0.1, 0.15) is 5.41 Å². The molecule has 9 nitrogen and oxygen atoms in total. The number of aliphatic hydroxyl groups is 4. The molecule has 2 aliphatic carbocycles. The highest BCUT2D eigenvalue weighted by atomic mass is 32.1. The van der Waals surface area contributed by atoms with E-state index >= 15 is 0 Å². The molecule has 33 heavy (non-hydrogen) atoms. The number of carbonyl (C=O) groups is 1. The lowest BCUT2D eigenvalue weighted by Gasteiger charge is -2.20. The Balaban J connectivity index is 1.37. The Bertz CT molecular complexity index is 1100. The van der Waals surface area contributed by atoms with Crippen molar-refractivity contribution in [3.63, 3.8) is 0 Å². The second kappa shape index (κ2) is 7.52. The number of amides is 1. The van der Waals surface area contributed by atoms with Gasteiger partial charge in [-0.2, -0.15) is 0 Å². The zero-order valence-electron chi connectivity index (χ0n) is 17.2. The van der Waals surface area contributed by atoms with Crippen LogP contribution in [0.3, 0.4) is 0 Å². The summed E-state index contributed by atoms with van der Waals surface area (Å²) in [7, 11) is 0. The first kappa shape index (κ1) is 22.3. The lowest BCUT2D eigenvalue weighted by Crippen LogP contribution is -2.52. The summed E-state index contributed by atoms with van der Waals surface area (Å²) in [6, 6.07) is 6.49. The van der Waals surface area contributed by atoms with Gasteiger partial charge < -0.3 is 20.4 Å². The molecule has 2 heterocycles. The molecule has 0 bridgehead atoms. The van der Waals surface area contributed by atoms with Crippen molar-refractivity contribution < 1.29 is 34.0 Å². The summed E-state index contributed by atoms with van der Waals surface area (Å²) in [6.45, 7) is -0.563. The first-order valence-electron chi connectivity index (χ1n) is 10.3. The van der Waals surface area contributed by atoms with Crippen LogP contribution < -0.4 is 15.8 Å². The molecule has 0 radical (unpaired) electrons. The Hall–Kier alpha value is -2.48. The van der Waals surface area contributed by atoms with Crippen LogP contribution in [-0.4, -0.2) is 56.5 Å². The van der Waals surface area contributed by atoms with Gasteiger partial charge in [-0.25, -0.2) is 19.2 Å². The van der Waals surface area contributed by atoms with Crippen LogP contribution in [0.15, 0.2) is 47.1 Å². The number of halogens is 2. The summed E-state index contributed by atoms with van der Waals surface area (Å²) in [6.07, 6.45) is -0.189. The average molecular weight is 480 g/mol. The van der Waals surface area contributed by atoms with Gasteiger partial charge in [0.25, 0.3) is 5.92 Å².